The lowest BCUT2D eigenvalue weighted by atomic mass is 9.79. The highest BCUT2D eigenvalue weighted by Crippen LogP contribution is 2.10. The van der Waals surface area contributed by atoms with Gasteiger partial charge < -0.3 is 19.4 Å². The number of nitrogens with zero attached hydrogens (tertiary/aromatic N) is 2. The molecule has 0 aliphatic rings. The molecule has 0 saturated heterocycles. The van der Waals surface area contributed by atoms with Crippen molar-refractivity contribution in [3.8, 4) is 5.75 Å². The van der Waals surface area contributed by atoms with Crippen molar-refractivity contribution in [2.24, 2.45) is 7.05 Å². The molecule has 1 aromatic heterocycles. The molecule has 0 spiro atoms. The van der Waals surface area contributed by atoms with Gasteiger partial charge in [0.1, 0.15) is 11.6 Å². The summed E-state index contributed by atoms with van der Waals surface area (Å²) in [5.74, 6) is 1.42. The van der Waals surface area contributed by atoms with Crippen molar-refractivity contribution in [3.05, 3.63) is 42.0 Å². The van der Waals surface area contributed by atoms with Crippen molar-refractivity contribution >= 4 is 12.6 Å². The molecular formula is C13H17BN2O3. The number of hydrogen-bond acceptors (Lipinski definition) is 4. The average molecular weight is 260 g/mol. The summed E-state index contributed by atoms with van der Waals surface area (Å²) >= 11 is 0. The first-order valence-corrected chi connectivity index (χ1v) is 6.13. The van der Waals surface area contributed by atoms with E-state index in [1.807, 2.05) is 30.8 Å². The van der Waals surface area contributed by atoms with Gasteiger partial charge >= 0.3 is 7.12 Å². The first-order chi connectivity index (χ1) is 9.08. The van der Waals surface area contributed by atoms with E-state index in [0.29, 0.717) is 24.2 Å². The maximum atomic E-state index is 9.32. The Labute approximate surface area is 112 Å². The summed E-state index contributed by atoms with van der Waals surface area (Å²) in [5, 5.41) is 18.6. The molecule has 0 bridgehead atoms. The molecule has 0 unspecified atom stereocenters. The van der Waals surface area contributed by atoms with E-state index in [4.69, 9.17) is 4.74 Å². The van der Waals surface area contributed by atoms with Crippen LogP contribution in [-0.2, 0) is 13.5 Å². The molecule has 2 rings (SSSR count). The normalized spacial score (nSPS) is 10.5. The molecule has 100 valence electrons. The van der Waals surface area contributed by atoms with Gasteiger partial charge in [-0.15, -0.1) is 0 Å². The topological polar surface area (TPSA) is 67.5 Å². The van der Waals surface area contributed by atoms with Crippen LogP contribution >= 0.6 is 0 Å². The Morgan fingerprint density at radius 3 is 2.79 bits per heavy atom. The van der Waals surface area contributed by atoms with E-state index in [1.54, 1.807) is 18.3 Å². The van der Waals surface area contributed by atoms with E-state index >= 15 is 0 Å². The fourth-order valence-corrected chi connectivity index (χ4v) is 1.89. The standard InChI is InChI=1S/C13H17BN2O3/c1-10-3-4-12(11(9-10)14(17)18)19-8-5-13-15-6-7-16(13)2/h3-4,6-7,9,17-18H,5,8H2,1-2H3. The molecule has 0 atom stereocenters. The summed E-state index contributed by atoms with van der Waals surface area (Å²) in [6, 6.07) is 5.34. The largest absolute Gasteiger partial charge is 0.493 e. The molecule has 2 aromatic rings. The van der Waals surface area contributed by atoms with Gasteiger partial charge in [0.25, 0.3) is 0 Å². The van der Waals surface area contributed by atoms with Crippen LogP contribution in [0.25, 0.3) is 0 Å². The minimum atomic E-state index is -1.52. The van der Waals surface area contributed by atoms with Crippen LogP contribution in [0.2, 0.25) is 0 Å². The Hall–Kier alpha value is -1.79. The summed E-state index contributed by atoms with van der Waals surface area (Å²) in [5.41, 5.74) is 1.35. The van der Waals surface area contributed by atoms with E-state index in [2.05, 4.69) is 4.98 Å². The number of aromatic nitrogens is 2. The summed E-state index contributed by atoms with van der Waals surface area (Å²) in [7, 11) is 0.403. The molecular weight excluding hydrogens is 243 g/mol. The lowest BCUT2D eigenvalue weighted by Gasteiger charge is -2.11. The Kier molecular flexibility index (Phi) is 4.24. The third-order valence-electron chi connectivity index (χ3n) is 2.95. The van der Waals surface area contributed by atoms with Crippen molar-refractivity contribution < 1.29 is 14.8 Å². The monoisotopic (exact) mass is 260 g/mol. The zero-order valence-electron chi connectivity index (χ0n) is 11.1. The maximum Gasteiger partial charge on any atom is 0.492 e. The second-order valence-electron chi connectivity index (χ2n) is 4.47. The van der Waals surface area contributed by atoms with Crippen LogP contribution < -0.4 is 10.2 Å². The molecule has 2 N–H and O–H groups in total. The molecule has 19 heavy (non-hydrogen) atoms. The molecule has 0 aliphatic heterocycles. The van der Waals surface area contributed by atoms with Crippen LogP contribution in [0.1, 0.15) is 11.4 Å². The smallest absolute Gasteiger partial charge is 0.492 e. The minimum absolute atomic E-state index is 0.389. The van der Waals surface area contributed by atoms with Gasteiger partial charge in [0, 0.05) is 31.3 Å². The van der Waals surface area contributed by atoms with E-state index in [0.717, 1.165) is 11.4 Å². The van der Waals surface area contributed by atoms with Gasteiger partial charge in [0.2, 0.25) is 0 Å². The van der Waals surface area contributed by atoms with Crippen molar-refractivity contribution in [2.75, 3.05) is 6.61 Å². The molecule has 0 fully saturated rings. The number of hydrogen-bond donors (Lipinski definition) is 2. The Bertz CT molecular complexity index is 555. The molecule has 5 nitrogen and oxygen atoms in total. The second-order valence-corrected chi connectivity index (χ2v) is 4.47. The maximum absolute atomic E-state index is 9.32. The summed E-state index contributed by atoms with van der Waals surface area (Å²) in [4.78, 5) is 4.20. The van der Waals surface area contributed by atoms with Crippen LogP contribution in [0.4, 0.5) is 0 Å². The Morgan fingerprint density at radius 1 is 1.37 bits per heavy atom. The highest BCUT2D eigenvalue weighted by atomic mass is 16.5. The van der Waals surface area contributed by atoms with Gasteiger partial charge in [0.05, 0.1) is 6.61 Å². The molecule has 0 aliphatic carbocycles. The second kappa shape index (κ2) is 5.90. The van der Waals surface area contributed by atoms with Gasteiger partial charge in [0.15, 0.2) is 0 Å². The predicted molar refractivity (Wildman–Crippen MR) is 73.4 cm³/mol. The number of rotatable bonds is 5. The highest BCUT2D eigenvalue weighted by Gasteiger charge is 2.17. The number of benzene rings is 1. The first kappa shape index (κ1) is 13.6. The van der Waals surface area contributed by atoms with Crippen LogP contribution in [0, 0.1) is 6.92 Å². The lowest BCUT2D eigenvalue weighted by Crippen LogP contribution is -2.32. The van der Waals surface area contributed by atoms with Crippen molar-refractivity contribution in [3.63, 3.8) is 0 Å². The van der Waals surface area contributed by atoms with Crippen molar-refractivity contribution in [2.45, 2.75) is 13.3 Å². The molecule has 0 saturated carbocycles. The first-order valence-electron chi connectivity index (χ1n) is 6.13. The summed E-state index contributed by atoms with van der Waals surface area (Å²) in [6.07, 6.45) is 4.28. The number of aryl methyl sites for hydroxylation is 2. The van der Waals surface area contributed by atoms with E-state index in [9.17, 15) is 10.0 Å². The van der Waals surface area contributed by atoms with E-state index in [-0.39, 0.29) is 0 Å². The van der Waals surface area contributed by atoms with Gasteiger partial charge in [-0.25, -0.2) is 4.98 Å². The van der Waals surface area contributed by atoms with Crippen molar-refractivity contribution in [1.82, 2.24) is 9.55 Å². The van der Waals surface area contributed by atoms with Crippen LogP contribution in [0.5, 0.6) is 5.75 Å². The van der Waals surface area contributed by atoms with Crippen LogP contribution in [0.15, 0.2) is 30.6 Å². The van der Waals surface area contributed by atoms with Gasteiger partial charge in [-0.05, 0) is 13.0 Å². The molecule has 6 heteroatoms. The number of ether oxygens (including phenoxy) is 1. The third-order valence-corrected chi connectivity index (χ3v) is 2.95. The van der Waals surface area contributed by atoms with E-state index < -0.39 is 7.12 Å². The molecule has 0 radical (unpaired) electrons. The molecule has 1 heterocycles. The Morgan fingerprint density at radius 2 is 2.16 bits per heavy atom. The predicted octanol–water partition coefficient (Wildman–Crippen LogP) is 0.0298. The minimum Gasteiger partial charge on any atom is -0.493 e. The van der Waals surface area contributed by atoms with Crippen LogP contribution in [0.3, 0.4) is 0 Å². The SMILES string of the molecule is Cc1ccc(OCCc2nccn2C)c(B(O)O)c1. The van der Waals surface area contributed by atoms with Gasteiger partial charge in [-0.3, -0.25) is 0 Å². The summed E-state index contributed by atoms with van der Waals surface area (Å²) < 4.78 is 7.54. The fourth-order valence-electron chi connectivity index (χ4n) is 1.89. The zero-order valence-corrected chi connectivity index (χ0v) is 11.1. The van der Waals surface area contributed by atoms with Crippen LogP contribution in [-0.4, -0.2) is 33.3 Å². The van der Waals surface area contributed by atoms with Gasteiger partial charge in [-0.2, -0.15) is 0 Å². The molecule has 0 amide bonds. The molecule has 1 aromatic carbocycles. The number of imidazole rings is 1. The Balaban J connectivity index is 2.01. The lowest BCUT2D eigenvalue weighted by molar-refractivity contribution is 0.317. The zero-order chi connectivity index (χ0) is 13.8. The quantitative estimate of drug-likeness (QED) is 0.744. The fraction of sp³-hybridized carbons (Fsp3) is 0.308. The van der Waals surface area contributed by atoms with E-state index in [1.165, 1.54) is 0 Å². The third kappa shape index (κ3) is 3.36. The van der Waals surface area contributed by atoms with Crippen molar-refractivity contribution in [1.29, 1.82) is 0 Å². The summed E-state index contributed by atoms with van der Waals surface area (Å²) in [6.45, 7) is 2.33. The highest BCUT2D eigenvalue weighted by molar-refractivity contribution is 6.59. The average Bonchev–Trinajstić information content (AvgIpc) is 2.77. The van der Waals surface area contributed by atoms with Gasteiger partial charge in [-0.1, -0.05) is 17.7 Å².